The van der Waals surface area contributed by atoms with Crippen molar-refractivity contribution in [1.29, 1.82) is 0 Å². The third kappa shape index (κ3) is 6.03. The predicted molar refractivity (Wildman–Crippen MR) is 97.8 cm³/mol. The molecule has 0 atom stereocenters. The molecule has 2 aromatic carbocycles. The molecule has 0 aliphatic heterocycles. The van der Waals surface area contributed by atoms with E-state index in [0.717, 1.165) is 30.0 Å². The monoisotopic (exact) mass is 334 g/mol. The zero-order chi connectivity index (χ0) is 15.6. The summed E-state index contributed by atoms with van der Waals surface area (Å²) in [5, 5.41) is 6.93. The van der Waals surface area contributed by atoms with E-state index in [2.05, 4.69) is 10.6 Å². The summed E-state index contributed by atoms with van der Waals surface area (Å²) in [6, 6.07) is 16.8. The van der Waals surface area contributed by atoms with Gasteiger partial charge in [-0.25, -0.2) is 4.39 Å². The van der Waals surface area contributed by atoms with Gasteiger partial charge >= 0.3 is 0 Å². The van der Waals surface area contributed by atoms with Crippen molar-refractivity contribution in [3.63, 3.8) is 0 Å². The predicted octanol–water partition coefficient (Wildman–Crippen LogP) is 4.44. The van der Waals surface area contributed by atoms with Gasteiger partial charge in [-0.05, 0) is 48.2 Å². The minimum atomic E-state index is -0.124. The number of hydrogen-bond acceptors (Lipinski definition) is 2. The number of thiocarbonyl (C=S) groups is 1. The van der Waals surface area contributed by atoms with Crippen LogP contribution in [0.3, 0.4) is 0 Å². The fraction of sp³-hybridized carbons (Fsp3) is 0.235. The third-order valence-corrected chi connectivity index (χ3v) is 4.34. The van der Waals surface area contributed by atoms with Gasteiger partial charge in [-0.1, -0.05) is 36.4 Å². The molecule has 0 aliphatic carbocycles. The van der Waals surface area contributed by atoms with Crippen LogP contribution >= 0.6 is 24.0 Å². The quantitative estimate of drug-likeness (QED) is 0.577. The molecular formula is C17H19FN2S2. The second-order valence-corrected chi connectivity index (χ2v) is 6.26. The molecule has 116 valence electrons. The van der Waals surface area contributed by atoms with E-state index in [1.165, 1.54) is 6.07 Å². The molecule has 0 aromatic heterocycles. The van der Waals surface area contributed by atoms with E-state index in [1.54, 1.807) is 17.8 Å². The van der Waals surface area contributed by atoms with Gasteiger partial charge in [-0.2, -0.15) is 11.8 Å². The molecule has 0 heterocycles. The number of halogens is 1. The highest BCUT2D eigenvalue weighted by Crippen LogP contribution is 2.15. The van der Waals surface area contributed by atoms with Crippen molar-refractivity contribution >= 4 is 34.8 Å². The molecule has 5 heteroatoms. The molecule has 2 rings (SSSR count). The van der Waals surface area contributed by atoms with Crippen LogP contribution < -0.4 is 10.6 Å². The average molecular weight is 334 g/mol. The largest absolute Gasteiger partial charge is 0.362 e. The first-order valence-electron chi connectivity index (χ1n) is 7.17. The van der Waals surface area contributed by atoms with Gasteiger partial charge in [0.1, 0.15) is 5.82 Å². The summed E-state index contributed by atoms with van der Waals surface area (Å²) in [5.74, 6) is 1.55. The first kappa shape index (κ1) is 16.8. The smallest absolute Gasteiger partial charge is 0.170 e. The van der Waals surface area contributed by atoms with E-state index in [9.17, 15) is 4.39 Å². The zero-order valence-electron chi connectivity index (χ0n) is 12.2. The molecule has 2 nitrogen and oxygen atoms in total. The van der Waals surface area contributed by atoms with Crippen LogP contribution in [0.2, 0.25) is 0 Å². The van der Waals surface area contributed by atoms with E-state index < -0.39 is 0 Å². The molecule has 0 fully saturated rings. The maximum atomic E-state index is 13.4. The summed E-state index contributed by atoms with van der Waals surface area (Å²) in [7, 11) is 0. The number of hydrogen-bond donors (Lipinski definition) is 2. The number of para-hydroxylation sites is 1. The highest BCUT2D eigenvalue weighted by Gasteiger charge is 2.00. The minimum absolute atomic E-state index is 0.124. The highest BCUT2D eigenvalue weighted by molar-refractivity contribution is 7.98. The molecule has 0 saturated heterocycles. The Bertz CT molecular complexity index is 590. The van der Waals surface area contributed by atoms with Crippen LogP contribution in [-0.2, 0) is 5.75 Å². The molecule has 22 heavy (non-hydrogen) atoms. The Morgan fingerprint density at radius 3 is 2.55 bits per heavy atom. The second kappa shape index (κ2) is 9.43. The van der Waals surface area contributed by atoms with Crippen molar-refractivity contribution in [2.75, 3.05) is 17.6 Å². The Kier molecular flexibility index (Phi) is 7.19. The van der Waals surface area contributed by atoms with E-state index in [1.807, 2.05) is 42.5 Å². The van der Waals surface area contributed by atoms with Gasteiger partial charge < -0.3 is 10.6 Å². The van der Waals surface area contributed by atoms with Gasteiger partial charge in [0.05, 0.1) is 0 Å². The first-order chi connectivity index (χ1) is 10.8. The van der Waals surface area contributed by atoms with Crippen LogP contribution in [0.25, 0.3) is 0 Å². The van der Waals surface area contributed by atoms with Crippen molar-refractivity contribution in [2.24, 2.45) is 0 Å². The summed E-state index contributed by atoms with van der Waals surface area (Å²) < 4.78 is 13.4. The fourth-order valence-corrected chi connectivity index (χ4v) is 3.04. The van der Waals surface area contributed by atoms with Crippen LogP contribution in [0.15, 0.2) is 54.6 Å². The topological polar surface area (TPSA) is 24.1 Å². The van der Waals surface area contributed by atoms with E-state index in [-0.39, 0.29) is 5.82 Å². The van der Waals surface area contributed by atoms with Crippen LogP contribution in [0, 0.1) is 5.82 Å². The Morgan fingerprint density at radius 2 is 1.77 bits per heavy atom. The van der Waals surface area contributed by atoms with Gasteiger partial charge in [0.25, 0.3) is 0 Å². The number of anilines is 1. The van der Waals surface area contributed by atoms with E-state index >= 15 is 0 Å². The molecule has 0 bridgehead atoms. The van der Waals surface area contributed by atoms with E-state index in [0.29, 0.717) is 10.9 Å². The van der Waals surface area contributed by atoms with Crippen molar-refractivity contribution in [2.45, 2.75) is 12.2 Å². The van der Waals surface area contributed by atoms with Crippen molar-refractivity contribution < 1.29 is 4.39 Å². The van der Waals surface area contributed by atoms with Gasteiger partial charge in [0, 0.05) is 18.0 Å². The Balaban J connectivity index is 1.56. The fourth-order valence-electron chi connectivity index (χ4n) is 1.87. The van der Waals surface area contributed by atoms with Crippen LogP contribution in [0.1, 0.15) is 12.0 Å². The summed E-state index contributed by atoms with van der Waals surface area (Å²) in [6.45, 7) is 0.808. The van der Waals surface area contributed by atoms with Crippen molar-refractivity contribution in [1.82, 2.24) is 5.32 Å². The molecule has 0 saturated carbocycles. The lowest BCUT2D eigenvalue weighted by Crippen LogP contribution is -2.29. The molecule has 0 amide bonds. The SMILES string of the molecule is Fc1ccccc1CSCCCNC(=S)Nc1ccccc1. The van der Waals surface area contributed by atoms with Crippen LogP contribution in [-0.4, -0.2) is 17.4 Å². The number of benzene rings is 2. The van der Waals surface area contributed by atoms with Gasteiger partial charge in [0.15, 0.2) is 5.11 Å². The summed E-state index contributed by atoms with van der Waals surface area (Å²) in [4.78, 5) is 0. The maximum absolute atomic E-state index is 13.4. The third-order valence-electron chi connectivity index (χ3n) is 3.00. The molecule has 0 spiro atoms. The Morgan fingerprint density at radius 1 is 1.05 bits per heavy atom. The standard InChI is InChI=1S/C17H19FN2S2/c18-16-10-5-4-7-14(16)13-22-12-6-11-19-17(21)20-15-8-2-1-3-9-15/h1-5,7-10H,6,11-13H2,(H2,19,20,21). The van der Waals surface area contributed by atoms with Crippen LogP contribution in [0.5, 0.6) is 0 Å². The lowest BCUT2D eigenvalue weighted by atomic mass is 10.2. The van der Waals surface area contributed by atoms with Gasteiger partial charge in [-0.3, -0.25) is 0 Å². The zero-order valence-corrected chi connectivity index (χ0v) is 13.9. The minimum Gasteiger partial charge on any atom is -0.362 e. The Hall–Kier alpha value is -1.59. The lowest BCUT2D eigenvalue weighted by molar-refractivity contribution is 0.617. The first-order valence-corrected chi connectivity index (χ1v) is 8.73. The summed E-state index contributed by atoms with van der Waals surface area (Å²) >= 11 is 6.96. The van der Waals surface area contributed by atoms with Gasteiger partial charge in [0.2, 0.25) is 0 Å². The molecule has 2 N–H and O–H groups in total. The number of thioether (sulfide) groups is 1. The molecule has 2 aromatic rings. The summed E-state index contributed by atoms with van der Waals surface area (Å²) in [5.41, 5.74) is 1.75. The van der Waals surface area contributed by atoms with Gasteiger partial charge in [-0.15, -0.1) is 0 Å². The highest BCUT2D eigenvalue weighted by atomic mass is 32.2. The maximum Gasteiger partial charge on any atom is 0.170 e. The average Bonchev–Trinajstić information content (AvgIpc) is 2.53. The number of rotatable bonds is 7. The molecular weight excluding hydrogens is 315 g/mol. The lowest BCUT2D eigenvalue weighted by Gasteiger charge is -2.10. The normalized spacial score (nSPS) is 10.2. The molecule has 0 unspecified atom stereocenters. The Labute approximate surface area is 140 Å². The number of nitrogens with one attached hydrogen (secondary N) is 2. The molecule has 0 radical (unpaired) electrons. The summed E-state index contributed by atoms with van der Waals surface area (Å²) in [6.07, 6.45) is 0.982. The van der Waals surface area contributed by atoms with Crippen molar-refractivity contribution in [3.8, 4) is 0 Å². The van der Waals surface area contributed by atoms with Crippen molar-refractivity contribution in [3.05, 3.63) is 66.0 Å². The van der Waals surface area contributed by atoms with E-state index in [4.69, 9.17) is 12.2 Å². The molecule has 0 aliphatic rings. The van der Waals surface area contributed by atoms with Crippen LogP contribution in [0.4, 0.5) is 10.1 Å². The second-order valence-electron chi connectivity index (χ2n) is 4.74.